The van der Waals surface area contributed by atoms with E-state index < -0.39 is 0 Å². The van der Waals surface area contributed by atoms with Crippen molar-refractivity contribution in [2.75, 3.05) is 5.32 Å². The maximum absolute atomic E-state index is 4.17. The van der Waals surface area contributed by atoms with Crippen molar-refractivity contribution in [3.8, 4) is 5.69 Å². The molecule has 0 unspecified atom stereocenters. The van der Waals surface area contributed by atoms with E-state index in [4.69, 9.17) is 0 Å². The van der Waals surface area contributed by atoms with Crippen LogP contribution < -0.4 is 5.32 Å². The van der Waals surface area contributed by atoms with E-state index in [9.17, 15) is 0 Å². The first-order valence-corrected chi connectivity index (χ1v) is 5.89. The van der Waals surface area contributed by atoms with Crippen LogP contribution in [-0.2, 0) is 6.54 Å². The van der Waals surface area contributed by atoms with E-state index in [0.29, 0.717) is 6.54 Å². The molecule has 0 saturated carbocycles. The lowest BCUT2D eigenvalue weighted by atomic mass is 10.2. The Morgan fingerprint density at radius 2 is 2.21 bits per heavy atom. The molecule has 2 aromatic heterocycles. The molecular weight excluding hydrogens is 242 g/mol. The monoisotopic (exact) mass is 255 g/mol. The minimum Gasteiger partial charge on any atom is -0.378 e. The zero-order chi connectivity index (χ0) is 13.1. The Kier molecular flexibility index (Phi) is 2.93. The molecule has 7 nitrogen and oxygen atoms in total. The molecule has 1 aromatic carbocycles. The van der Waals surface area contributed by atoms with Gasteiger partial charge in [-0.1, -0.05) is 12.1 Å². The van der Waals surface area contributed by atoms with E-state index in [1.54, 1.807) is 11.0 Å². The number of H-pyrrole nitrogens is 1. The first kappa shape index (κ1) is 11.4. The zero-order valence-electron chi connectivity index (χ0n) is 10.4. The quantitative estimate of drug-likeness (QED) is 0.734. The van der Waals surface area contributed by atoms with Gasteiger partial charge in [0.15, 0.2) is 0 Å². The molecule has 3 rings (SSSR count). The smallest absolute Gasteiger partial charge is 0.143 e. The number of nitrogens with zero attached hydrogens (tertiary/aromatic N) is 5. The number of hydrogen-bond donors (Lipinski definition) is 2. The van der Waals surface area contributed by atoms with Gasteiger partial charge in [-0.15, -0.1) is 5.10 Å². The first-order chi connectivity index (χ1) is 9.33. The number of rotatable bonds is 4. The minimum atomic E-state index is 0.667. The Labute approximate surface area is 109 Å². The molecular formula is C12H13N7. The average Bonchev–Trinajstić information content (AvgIpc) is 3.08. The summed E-state index contributed by atoms with van der Waals surface area (Å²) in [5.41, 5.74) is 2.90. The molecule has 3 aromatic rings. The molecule has 96 valence electrons. The topological polar surface area (TPSA) is 84.3 Å². The third-order valence-electron chi connectivity index (χ3n) is 2.72. The summed E-state index contributed by atoms with van der Waals surface area (Å²) in [4.78, 5) is 7.35. The number of aromatic nitrogens is 6. The Hall–Kier alpha value is -2.70. The van der Waals surface area contributed by atoms with Crippen molar-refractivity contribution in [2.45, 2.75) is 13.5 Å². The Bertz CT molecular complexity index is 656. The summed E-state index contributed by atoms with van der Waals surface area (Å²) < 4.78 is 1.63. The van der Waals surface area contributed by atoms with E-state index in [-0.39, 0.29) is 0 Å². The fourth-order valence-corrected chi connectivity index (χ4v) is 1.85. The van der Waals surface area contributed by atoms with Crippen LogP contribution in [0, 0.1) is 6.92 Å². The maximum atomic E-state index is 4.17. The van der Waals surface area contributed by atoms with Crippen LogP contribution in [0.1, 0.15) is 11.5 Å². The average molecular weight is 255 g/mol. The largest absolute Gasteiger partial charge is 0.378 e. The summed E-state index contributed by atoms with van der Waals surface area (Å²) in [5.74, 6) is 0.908. The lowest BCUT2D eigenvalue weighted by Gasteiger charge is -2.10. The highest BCUT2D eigenvalue weighted by atomic mass is 15.5. The van der Waals surface area contributed by atoms with E-state index in [0.717, 1.165) is 22.9 Å². The highest BCUT2D eigenvalue weighted by Crippen LogP contribution is 2.18. The van der Waals surface area contributed by atoms with Gasteiger partial charge in [0.1, 0.15) is 12.2 Å². The van der Waals surface area contributed by atoms with Crippen LogP contribution in [0.2, 0.25) is 0 Å². The molecule has 0 aliphatic carbocycles. The predicted molar refractivity (Wildman–Crippen MR) is 69.8 cm³/mol. The van der Waals surface area contributed by atoms with Gasteiger partial charge in [-0.2, -0.15) is 4.68 Å². The summed E-state index contributed by atoms with van der Waals surface area (Å²) in [6.45, 7) is 2.60. The number of nitrogens with one attached hydrogen (secondary N) is 2. The number of aromatic amines is 1. The summed E-state index contributed by atoms with van der Waals surface area (Å²) in [5, 5.41) is 14.5. The van der Waals surface area contributed by atoms with Gasteiger partial charge < -0.3 is 10.3 Å². The SMILES string of the molecule is Cc1ncc(CNc2ccccc2-n2cnnn2)[nH]1. The van der Waals surface area contributed by atoms with Crippen LogP contribution in [0.25, 0.3) is 5.69 Å². The van der Waals surface area contributed by atoms with Crippen LogP contribution >= 0.6 is 0 Å². The number of para-hydroxylation sites is 2. The third kappa shape index (κ3) is 2.44. The number of benzene rings is 1. The first-order valence-electron chi connectivity index (χ1n) is 5.89. The number of hydrogen-bond acceptors (Lipinski definition) is 5. The van der Waals surface area contributed by atoms with E-state index in [1.165, 1.54) is 0 Å². The maximum Gasteiger partial charge on any atom is 0.143 e. The van der Waals surface area contributed by atoms with Crippen molar-refractivity contribution < 1.29 is 0 Å². The van der Waals surface area contributed by atoms with Gasteiger partial charge in [0, 0.05) is 0 Å². The van der Waals surface area contributed by atoms with E-state index >= 15 is 0 Å². The summed E-state index contributed by atoms with van der Waals surface area (Å²) >= 11 is 0. The van der Waals surface area contributed by atoms with Crippen molar-refractivity contribution in [3.63, 3.8) is 0 Å². The molecule has 0 aliphatic heterocycles. The molecule has 0 saturated heterocycles. The van der Waals surface area contributed by atoms with Crippen molar-refractivity contribution in [1.82, 2.24) is 30.2 Å². The highest BCUT2D eigenvalue weighted by Gasteiger charge is 2.05. The number of anilines is 1. The van der Waals surface area contributed by atoms with Crippen molar-refractivity contribution in [2.24, 2.45) is 0 Å². The van der Waals surface area contributed by atoms with Crippen LogP contribution in [0.3, 0.4) is 0 Å². The van der Waals surface area contributed by atoms with Crippen LogP contribution in [-0.4, -0.2) is 30.2 Å². The molecule has 0 aliphatic rings. The summed E-state index contributed by atoms with van der Waals surface area (Å²) in [6, 6.07) is 7.86. The van der Waals surface area contributed by atoms with E-state index in [2.05, 4.69) is 30.8 Å². The number of imidazole rings is 1. The molecule has 0 amide bonds. The van der Waals surface area contributed by atoms with Gasteiger partial charge in [0.2, 0.25) is 0 Å². The van der Waals surface area contributed by atoms with Gasteiger partial charge in [-0.05, 0) is 29.5 Å². The summed E-state index contributed by atoms with van der Waals surface area (Å²) in [7, 11) is 0. The van der Waals surface area contributed by atoms with Crippen molar-refractivity contribution >= 4 is 5.69 Å². The molecule has 2 heterocycles. The molecule has 19 heavy (non-hydrogen) atoms. The lowest BCUT2D eigenvalue weighted by Crippen LogP contribution is -2.05. The normalized spacial score (nSPS) is 10.6. The second-order valence-electron chi connectivity index (χ2n) is 4.12. The highest BCUT2D eigenvalue weighted by molar-refractivity contribution is 5.60. The van der Waals surface area contributed by atoms with Crippen LogP contribution in [0.15, 0.2) is 36.8 Å². The molecule has 2 N–H and O–H groups in total. The fraction of sp³-hybridized carbons (Fsp3) is 0.167. The zero-order valence-corrected chi connectivity index (χ0v) is 10.4. The fourth-order valence-electron chi connectivity index (χ4n) is 1.85. The molecule has 0 atom stereocenters. The predicted octanol–water partition coefficient (Wildman–Crippen LogP) is 1.31. The molecule has 0 fully saturated rings. The van der Waals surface area contributed by atoms with Gasteiger partial charge in [-0.25, -0.2) is 4.98 Å². The van der Waals surface area contributed by atoms with Gasteiger partial charge in [0.05, 0.1) is 29.8 Å². The van der Waals surface area contributed by atoms with Gasteiger partial charge >= 0.3 is 0 Å². The van der Waals surface area contributed by atoms with Crippen molar-refractivity contribution in [1.29, 1.82) is 0 Å². The van der Waals surface area contributed by atoms with Gasteiger partial charge in [0.25, 0.3) is 0 Å². The third-order valence-corrected chi connectivity index (χ3v) is 2.72. The second kappa shape index (κ2) is 4.89. The number of tetrazole rings is 1. The molecule has 7 heteroatoms. The lowest BCUT2D eigenvalue weighted by molar-refractivity contribution is 0.789. The number of aryl methyl sites for hydroxylation is 1. The minimum absolute atomic E-state index is 0.667. The van der Waals surface area contributed by atoms with Crippen LogP contribution in [0.5, 0.6) is 0 Å². The van der Waals surface area contributed by atoms with Crippen LogP contribution in [0.4, 0.5) is 5.69 Å². The molecule has 0 spiro atoms. The Morgan fingerprint density at radius 1 is 1.32 bits per heavy atom. The Balaban J connectivity index is 1.81. The summed E-state index contributed by atoms with van der Waals surface area (Å²) in [6.07, 6.45) is 3.39. The van der Waals surface area contributed by atoms with Gasteiger partial charge in [-0.3, -0.25) is 0 Å². The standard InChI is InChI=1S/C12H13N7/c1-9-13-6-10(16-9)7-14-11-4-2-3-5-12(11)19-8-15-17-18-19/h2-6,8,14H,7H2,1H3,(H,13,16). The molecule has 0 radical (unpaired) electrons. The van der Waals surface area contributed by atoms with Crippen molar-refractivity contribution in [3.05, 3.63) is 48.3 Å². The van der Waals surface area contributed by atoms with E-state index in [1.807, 2.05) is 37.4 Å². The Morgan fingerprint density at radius 3 is 2.95 bits per heavy atom. The molecule has 0 bridgehead atoms. The second-order valence-corrected chi connectivity index (χ2v) is 4.12.